The second kappa shape index (κ2) is 10.5. The zero-order chi connectivity index (χ0) is 26.1. The first-order valence-corrected chi connectivity index (χ1v) is 12.5. The smallest absolute Gasteiger partial charge is 0.372 e. The molecule has 35 heavy (non-hydrogen) atoms. The number of hydrogen-bond acceptors (Lipinski definition) is 4. The molecule has 0 saturated carbocycles. The molecule has 1 N–H and O–H groups in total. The Morgan fingerprint density at radius 3 is 1.97 bits per heavy atom. The van der Waals surface area contributed by atoms with Crippen molar-refractivity contribution in [3.8, 4) is 0 Å². The van der Waals surface area contributed by atoms with Crippen molar-refractivity contribution in [3.63, 3.8) is 0 Å². The van der Waals surface area contributed by atoms with Gasteiger partial charge in [-0.15, -0.1) is 0 Å². The number of piperidine rings is 2. The Bertz CT molecular complexity index is 924. The highest BCUT2D eigenvalue weighted by molar-refractivity contribution is 6.33. The number of rotatable bonds is 5. The zero-order valence-corrected chi connectivity index (χ0v) is 21.5. The molecule has 0 aliphatic carbocycles. The first-order chi connectivity index (χ1) is 16.3. The lowest BCUT2D eigenvalue weighted by Crippen LogP contribution is -2.62. The Balaban J connectivity index is 1.56. The van der Waals surface area contributed by atoms with Crippen LogP contribution in [0.4, 0.5) is 18.9 Å². The lowest BCUT2D eigenvalue weighted by atomic mass is 9.78. The van der Waals surface area contributed by atoms with E-state index in [9.17, 15) is 27.9 Å². The van der Waals surface area contributed by atoms with Gasteiger partial charge >= 0.3 is 6.18 Å². The van der Waals surface area contributed by atoms with Gasteiger partial charge in [-0.25, -0.2) is 0 Å². The summed E-state index contributed by atoms with van der Waals surface area (Å²) in [6.45, 7) is 4.47. The third-order valence-corrected chi connectivity index (χ3v) is 7.87. The van der Waals surface area contributed by atoms with Gasteiger partial charge in [0.25, 0.3) is 11.8 Å². The average Bonchev–Trinajstić information content (AvgIpc) is 2.81. The van der Waals surface area contributed by atoms with Crippen molar-refractivity contribution in [2.45, 2.75) is 51.3 Å². The fourth-order valence-electron chi connectivity index (χ4n) is 5.28. The van der Waals surface area contributed by atoms with E-state index >= 15 is 0 Å². The minimum Gasteiger partial charge on any atom is -0.372 e. The lowest BCUT2D eigenvalue weighted by Gasteiger charge is -2.43. The summed E-state index contributed by atoms with van der Waals surface area (Å²) >= 11 is 6.48. The summed E-state index contributed by atoms with van der Waals surface area (Å²) in [5, 5.41) is 10.8. The maximum Gasteiger partial charge on any atom is 0.426 e. The van der Waals surface area contributed by atoms with E-state index in [2.05, 4.69) is 4.90 Å². The third kappa shape index (κ3) is 5.56. The highest BCUT2D eigenvalue weighted by atomic mass is 35.5. The first-order valence-electron chi connectivity index (χ1n) is 12.1. The van der Waals surface area contributed by atoms with Gasteiger partial charge in [-0.05, 0) is 55.7 Å². The Morgan fingerprint density at radius 1 is 1.03 bits per heavy atom. The Hall–Kier alpha value is -2.00. The number of nitrogens with zero attached hydrogens (tertiary/aromatic N) is 3. The molecular weight excluding hydrogens is 483 g/mol. The third-order valence-electron chi connectivity index (χ3n) is 7.57. The minimum atomic E-state index is -5.01. The number of amides is 2. The zero-order valence-electron chi connectivity index (χ0n) is 20.7. The maximum absolute atomic E-state index is 13.5. The number of carbonyl (C=O) groups excluding carboxylic acids is 2. The topological polar surface area (TPSA) is 64.1 Å². The molecular formula is C25H35ClF3N3O3. The van der Waals surface area contributed by atoms with Crippen molar-refractivity contribution in [1.82, 2.24) is 9.80 Å². The molecule has 2 saturated heterocycles. The van der Waals surface area contributed by atoms with E-state index in [1.807, 2.05) is 6.07 Å². The SMILES string of the molecule is CC(C)C(O)(C(=O)N1CCC(C2CCN(c3ccc(C(=O)N(C)C)cc3Cl)CC2)CC1)C(F)(F)F. The number of carbonyl (C=O) groups is 2. The maximum atomic E-state index is 13.5. The monoisotopic (exact) mass is 517 g/mol. The summed E-state index contributed by atoms with van der Waals surface area (Å²) < 4.78 is 40.5. The van der Waals surface area contributed by atoms with Crippen LogP contribution in [-0.2, 0) is 4.79 Å². The number of anilines is 1. The summed E-state index contributed by atoms with van der Waals surface area (Å²) in [5.74, 6) is -1.86. The fraction of sp³-hybridized carbons (Fsp3) is 0.680. The number of aliphatic hydroxyl groups is 1. The van der Waals surface area contributed by atoms with Crippen LogP contribution in [0.3, 0.4) is 0 Å². The van der Waals surface area contributed by atoms with Gasteiger partial charge in [0.1, 0.15) is 0 Å². The molecule has 196 valence electrons. The summed E-state index contributed by atoms with van der Waals surface area (Å²) in [6, 6.07) is 5.35. The van der Waals surface area contributed by atoms with E-state index in [0.717, 1.165) is 31.6 Å². The minimum absolute atomic E-state index is 0.107. The van der Waals surface area contributed by atoms with E-state index in [0.29, 0.717) is 35.3 Å². The highest BCUT2D eigenvalue weighted by Gasteiger charge is 2.62. The summed E-state index contributed by atoms with van der Waals surface area (Å²) in [4.78, 5) is 29.7. The van der Waals surface area contributed by atoms with E-state index < -0.39 is 23.6 Å². The van der Waals surface area contributed by atoms with Crippen molar-refractivity contribution in [2.24, 2.45) is 17.8 Å². The van der Waals surface area contributed by atoms with Gasteiger partial charge in [-0.1, -0.05) is 25.4 Å². The van der Waals surface area contributed by atoms with Gasteiger partial charge in [0.15, 0.2) is 0 Å². The number of halogens is 4. The van der Waals surface area contributed by atoms with Crippen LogP contribution in [-0.4, -0.2) is 78.8 Å². The van der Waals surface area contributed by atoms with Crippen LogP contribution in [0, 0.1) is 17.8 Å². The van der Waals surface area contributed by atoms with Crippen LogP contribution in [0.25, 0.3) is 0 Å². The van der Waals surface area contributed by atoms with Crippen molar-refractivity contribution >= 4 is 29.1 Å². The molecule has 2 aliphatic rings. The molecule has 1 atom stereocenters. The molecule has 0 aromatic heterocycles. The standard InChI is InChI=1S/C25H35ClF3N3O3/c1-16(2)24(35,25(27,28)29)23(34)32-13-9-18(10-14-32)17-7-11-31(12-8-17)21-6-5-19(15-20(21)26)22(33)30(3)4/h5-6,15-18,35H,7-14H2,1-4H3. The lowest BCUT2D eigenvalue weighted by molar-refractivity contribution is -0.270. The Morgan fingerprint density at radius 2 is 1.54 bits per heavy atom. The van der Waals surface area contributed by atoms with Crippen molar-refractivity contribution in [3.05, 3.63) is 28.8 Å². The second-order valence-corrected chi connectivity index (χ2v) is 10.6. The van der Waals surface area contributed by atoms with Gasteiger partial charge in [0.2, 0.25) is 5.60 Å². The molecule has 1 aromatic carbocycles. The number of hydrogen-bond donors (Lipinski definition) is 1. The molecule has 10 heteroatoms. The average molecular weight is 518 g/mol. The Kier molecular flexibility index (Phi) is 8.31. The first kappa shape index (κ1) is 27.6. The van der Waals surface area contributed by atoms with E-state index in [-0.39, 0.29) is 19.0 Å². The van der Waals surface area contributed by atoms with Crippen molar-refractivity contribution < 1.29 is 27.9 Å². The van der Waals surface area contributed by atoms with Gasteiger partial charge in [0.05, 0.1) is 10.7 Å². The summed E-state index contributed by atoms with van der Waals surface area (Å²) in [5.41, 5.74) is -1.92. The van der Waals surface area contributed by atoms with Crippen molar-refractivity contribution in [1.29, 1.82) is 0 Å². The predicted octanol–water partition coefficient (Wildman–Crippen LogP) is 4.45. The second-order valence-electron chi connectivity index (χ2n) is 10.2. The van der Waals surface area contributed by atoms with E-state index in [1.165, 1.54) is 23.6 Å². The summed E-state index contributed by atoms with van der Waals surface area (Å²) in [7, 11) is 3.38. The molecule has 2 aliphatic heterocycles. The molecule has 2 fully saturated rings. The molecule has 1 unspecified atom stereocenters. The molecule has 2 amide bonds. The number of alkyl halides is 3. The molecule has 2 heterocycles. The van der Waals surface area contributed by atoms with Crippen molar-refractivity contribution in [2.75, 3.05) is 45.2 Å². The van der Waals surface area contributed by atoms with Gasteiger partial charge in [0, 0.05) is 51.8 Å². The normalized spacial score (nSPS) is 20.2. The fourth-order valence-corrected chi connectivity index (χ4v) is 5.58. The molecule has 6 nitrogen and oxygen atoms in total. The molecule has 0 spiro atoms. The molecule has 1 aromatic rings. The van der Waals surface area contributed by atoms with Crippen LogP contribution in [0.2, 0.25) is 5.02 Å². The largest absolute Gasteiger partial charge is 0.426 e. The predicted molar refractivity (Wildman–Crippen MR) is 130 cm³/mol. The van der Waals surface area contributed by atoms with Crippen LogP contribution >= 0.6 is 11.6 Å². The molecule has 3 rings (SSSR count). The molecule has 0 bridgehead atoms. The number of benzene rings is 1. The van der Waals surface area contributed by atoms with Crippen LogP contribution in [0.15, 0.2) is 18.2 Å². The van der Waals surface area contributed by atoms with Gasteiger partial charge in [-0.3, -0.25) is 9.59 Å². The Labute approximate surface area is 210 Å². The van der Waals surface area contributed by atoms with Crippen LogP contribution in [0.5, 0.6) is 0 Å². The van der Waals surface area contributed by atoms with Gasteiger partial charge < -0.3 is 19.8 Å². The molecule has 0 radical (unpaired) electrons. The van der Waals surface area contributed by atoms with Crippen LogP contribution < -0.4 is 4.90 Å². The number of likely N-dealkylation sites (tertiary alicyclic amines) is 1. The van der Waals surface area contributed by atoms with Gasteiger partial charge in [-0.2, -0.15) is 13.2 Å². The summed E-state index contributed by atoms with van der Waals surface area (Å²) in [6.07, 6.45) is -1.91. The van der Waals surface area contributed by atoms with Crippen LogP contribution in [0.1, 0.15) is 49.9 Å². The highest BCUT2D eigenvalue weighted by Crippen LogP contribution is 2.40. The van der Waals surface area contributed by atoms with E-state index in [4.69, 9.17) is 11.6 Å². The van der Waals surface area contributed by atoms with E-state index in [1.54, 1.807) is 26.2 Å². The quantitative estimate of drug-likeness (QED) is 0.627.